The van der Waals surface area contributed by atoms with Gasteiger partial charge in [0, 0.05) is 5.28 Å². The van der Waals surface area contributed by atoms with E-state index < -0.39 is 0 Å². The molecule has 0 aromatic rings. The molecule has 0 aromatic carbocycles. The van der Waals surface area contributed by atoms with Crippen molar-refractivity contribution in [1.82, 2.24) is 0 Å². The second kappa shape index (κ2) is 6.16. The summed E-state index contributed by atoms with van der Waals surface area (Å²) in [6, 6.07) is 2.05. The van der Waals surface area contributed by atoms with Gasteiger partial charge in [0.1, 0.15) is 6.61 Å². The van der Waals surface area contributed by atoms with Crippen molar-refractivity contribution in [3.63, 3.8) is 0 Å². The van der Waals surface area contributed by atoms with Gasteiger partial charge in [-0.3, -0.25) is 0 Å². The molecule has 0 heterocycles. The van der Waals surface area contributed by atoms with E-state index in [2.05, 4.69) is 16.6 Å². The van der Waals surface area contributed by atoms with Gasteiger partial charge in [-0.2, -0.15) is 5.26 Å². The average molecular weight is 202 g/mol. The molecule has 0 fully saturated rings. The van der Waals surface area contributed by atoms with Crippen LogP contribution in [-0.2, 0) is 4.84 Å². The van der Waals surface area contributed by atoms with Crippen LogP contribution >= 0.6 is 0 Å². The number of hydrogen-bond acceptors (Lipinski definition) is 4. The third-order valence-corrected chi connectivity index (χ3v) is 1.64. The maximum absolute atomic E-state index is 8.70. The fraction of sp³-hybridized carbons (Fsp3) is 0.100. The third-order valence-electron chi connectivity index (χ3n) is 1.64. The van der Waals surface area contributed by atoms with E-state index >= 15 is 0 Å². The molecule has 0 amide bonds. The lowest BCUT2D eigenvalue weighted by atomic mass is 10.1. The highest BCUT2D eigenvalue weighted by Crippen LogP contribution is 2.06. The molecule has 0 spiro atoms. The van der Waals surface area contributed by atoms with E-state index in [9.17, 15) is 0 Å². The molecule has 0 unspecified atom stereocenters. The third kappa shape index (κ3) is 3.91. The predicted molar refractivity (Wildman–Crippen MR) is 55.1 cm³/mol. The zero-order valence-electron chi connectivity index (χ0n) is 8.00. The summed E-state index contributed by atoms with van der Waals surface area (Å²) in [5.41, 5.74) is 1.46. The minimum Gasteiger partial charge on any atom is -0.373 e. The van der Waals surface area contributed by atoms with Gasteiger partial charge in [-0.1, -0.05) is 24.3 Å². The minimum absolute atomic E-state index is 0.264. The highest BCUT2D eigenvalue weighted by atomic mass is 16.6. The Balaban J connectivity index is 2.68. The summed E-state index contributed by atoms with van der Waals surface area (Å²) in [4.78, 5) is 4.77. The summed E-state index contributed by atoms with van der Waals surface area (Å²) in [6.45, 7) is 0.264. The number of nitrogens with zero attached hydrogens (tertiary/aromatic N) is 3. The van der Waals surface area contributed by atoms with E-state index in [1.807, 2.05) is 12.2 Å². The Labute approximate surface area is 87.5 Å². The standard InChI is InChI=1S/C10H10N4O/c11-7-9-3-1-2-4-10(6-5-9)8-15-14-13-12/h1-6H,8H2,(H2,12,14)/b2-1?,3-1+,4-2+,6-5?,9-3?,9-5+,10-4?,10-6+. The first kappa shape index (κ1) is 10.7. The first-order chi connectivity index (χ1) is 7.36. The second-order valence-corrected chi connectivity index (χ2v) is 2.66. The summed E-state index contributed by atoms with van der Waals surface area (Å²) in [5, 5.41) is 14.9. The molecule has 0 aliphatic heterocycles. The van der Waals surface area contributed by atoms with Crippen LogP contribution in [0.1, 0.15) is 0 Å². The predicted octanol–water partition coefficient (Wildman–Crippen LogP) is 1.75. The monoisotopic (exact) mass is 202 g/mol. The molecule has 1 aliphatic carbocycles. The Hall–Kier alpha value is -2.35. The molecule has 0 bridgehead atoms. The van der Waals surface area contributed by atoms with Gasteiger partial charge in [-0.15, -0.1) is 0 Å². The van der Waals surface area contributed by atoms with Crippen molar-refractivity contribution in [2.75, 3.05) is 6.61 Å². The molecule has 0 atom stereocenters. The molecule has 1 rings (SSSR count). The molecule has 5 nitrogen and oxygen atoms in total. The summed E-state index contributed by atoms with van der Waals surface area (Å²) in [5.74, 6) is 4.77. The Kier molecular flexibility index (Phi) is 4.40. The van der Waals surface area contributed by atoms with Gasteiger partial charge in [0.25, 0.3) is 0 Å². The number of nitrogens with two attached hydrogens (primary N) is 1. The maximum Gasteiger partial charge on any atom is 0.144 e. The quantitative estimate of drug-likeness (QED) is 0.430. The van der Waals surface area contributed by atoms with Crippen molar-refractivity contribution >= 4 is 0 Å². The molecule has 76 valence electrons. The van der Waals surface area contributed by atoms with Crippen LogP contribution in [0.2, 0.25) is 0 Å². The Morgan fingerprint density at radius 3 is 2.87 bits per heavy atom. The molecule has 0 aromatic heterocycles. The maximum atomic E-state index is 8.70. The number of rotatable bonds is 3. The van der Waals surface area contributed by atoms with Crippen LogP contribution in [0, 0.1) is 11.3 Å². The number of allylic oxidation sites excluding steroid dienone is 6. The Morgan fingerprint density at radius 2 is 2.13 bits per heavy atom. The second-order valence-electron chi connectivity index (χ2n) is 2.66. The molecular formula is C10H10N4O. The van der Waals surface area contributed by atoms with Gasteiger partial charge >= 0.3 is 0 Å². The smallest absolute Gasteiger partial charge is 0.144 e. The molecule has 0 saturated carbocycles. The molecule has 0 saturated heterocycles. The number of hydrogen-bond donors (Lipinski definition) is 1. The van der Waals surface area contributed by atoms with Crippen LogP contribution in [-0.4, -0.2) is 6.61 Å². The highest BCUT2D eigenvalue weighted by Gasteiger charge is 1.94. The van der Waals surface area contributed by atoms with Crippen LogP contribution < -0.4 is 5.84 Å². The van der Waals surface area contributed by atoms with Crippen molar-refractivity contribution in [3.05, 3.63) is 47.6 Å². The van der Waals surface area contributed by atoms with Crippen LogP contribution in [0.25, 0.3) is 0 Å². The zero-order valence-corrected chi connectivity index (χ0v) is 8.00. The molecule has 5 heteroatoms. The van der Waals surface area contributed by atoms with E-state index in [4.69, 9.17) is 15.9 Å². The fourth-order valence-corrected chi connectivity index (χ4v) is 0.954. The van der Waals surface area contributed by atoms with Gasteiger partial charge in [0.05, 0.1) is 11.6 Å². The Bertz CT molecular complexity index is 396. The van der Waals surface area contributed by atoms with Crippen LogP contribution in [0.3, 0.4) is 0 Å². The summed E-state index contributed by atoms with van der Waals surface area (Å²) in [7, 11) is 0. The van der Waals surface area contributed by atoms with Gasteiger partial charge in [0.2, 0.25) is 0 Å². The molecule has 15 heavy (non-hydrogen) atoms. The first-order valence-electron chi connectivity index (χ1n) is 4.24. The van der Waals surface area contributed by atoms with E-state index in [0.717, 1.165) is 5.57 Å². The normalized spacial score (nSPS) is 26.3. The van der Waals surface area contributed by atoms with Crippen molar-refractivity contribution in [2.45, 2.75) is 0 Å². The lowest BCUT2D eigenvalue weighted by Gasteiger charge is -1.99. The highest BCUT2D eigenvalue weighted by molar-refractivity contribution is 5.42. The first-order valence-corrected chi connectivity index (χ1v) is 4.24. The van der Waals surface area contributed by atoms with Crippen molar-refractivity contribution in [2.24, 2.45) is 16.3 Å². The summed E-state index contributed by atoms with van der Waals surface area (Å²) in [6.07, 6.45) is 10.7. The average Bonchev–Trinajstić information content (AvgIpc) is 2.22. The number of nitriles is 1. The zero-order chi connectivity index (χ0) is 10.9. The van der Waals surface area contributed by atoms with Crippen LogP contribution in [0.4, 0.5) is 0 Å². The molecular weight excluding hydrogens is 192 g/mol. The lowest BCUT2D eigenvalue weighted by Crippen LogP contribution is -1.92. The summed E-state index contributed by atoms with van der Waals surface area (Å²) < 4.78 is 0. The topological polar surface area (TPSA) is 83.8 Å². The van der Waals surface area contributed by atoms with Gasteiger partial charge in [-0.05, 0) is 22.9 Å². The van der Waals surface area contributed by atoms with Crippen molar-refractivity contribution in [3.8, 4) is 6.07 Å². The van der Waals surface area contributed by atoms with Crippen molar-refractivity contribution in [1.29, 1.82) is 5.26 Å². The van der Waals surface area contributed by atoms with Gasteiger partial charge in [0.15, 0.2) is 0 Å². The van der Waals surface area contributed by atoms with Gasteiger partial charge in [-0.25, -0.2) is 0 Å². The summed E-state index contributed by atoms with van der Waals surface area (Å²) >= 11 is 0. The van der Waals surface area contributed by atoms with Crippen LogP contribution in [0.5, 0.6) is 0 Å². The largest absolute Gasteiger partial charge is 0.373 e. The minimum atomic E-state index is 0.264. The van der Waals surface area contributed by atoms with Gasteiger partial charge < -0.3 is 10.7 Å². The SMILES string of the molecule is N#CC1=C/C=C(CON=NN)\C=C\C=C\1. The molecule has 2 N–H and O–H groups in total. The molecule has 1 aliphatic rings. The van der Waals surface area contributed by atoms with E-state index in [1.165, 1.54) is 0 Å². The van der Waals surface area contributed by atoms with E-state index in [1.54, 1.807) is 24.3 Å². The molecule has 0 radical (unpaired) electrons. The Morgan fingerprint density at radius 1 is 1.33 bits per heavy atom. The van der Waals surface area contributed by atoms with E-state index in [0.29, 0.717) is 5.57 Å². The van der Waals surface area contributed by atoms with Crippen molar-refractivity contribution < 1.29 is 4.84 Å². The lowest BCUT2D eigenvalue weighted by molar-refractivity contribution is 0.145. The van der Waals surface area contributed by atoms with E-state index in [-0.39, 0.29) is 6.61 Å². The van der Waals surface area contributed by atoms with Crippen LogP contribution in [0.15, 0.2) is 58.1 Å². The fourth-order valence-electron chi connectivity index (χ4n) is 0.954.